The van der Waals surface area contributed by atoms with Crippen LogP contribution in [0.3, 0.4) is 0 Å². The Labute approximate surface area is 138 Å². The standard InChI is InChI=1S/C18H27NO4/c1-13-16(20-4)15(7-10-19-13)23-14-5-8-18(9-6-14)21-11-17(2,3)12-22-18/h7,10,14H,5-6,8-9,11-12H2,1-4H3. The van der Waals surface area contributed by atoms with E-state index in [1.54, 1.807) is 13.3 Å². The van der Waals surface area contributed by atoms with Crippen molar-refractivity contribution in [3.05, 3.63) is 18.0 Å². The fraction of sp³-hybridized carbons (Fsp3) is 0.722. The van der Waals surface area contributed by atoms with Crippen LogP contribution < -0.4 is 9.47 Å². The lowest BCUT2D eigenvalue weighted by Crippen LogP contribution is -2.50. The summed E-state index contributed by atoms with van der Waals surface area (Å²) in [6.07, 6.45) is 5.52. The highest BCUT2D eigenvalue weighted by Crippen LogP contribution is 2.41. The number of nitrogens with zero attached hydrogens (tertiary/aromatic N) is 1. The monoisotopic (exact) mass is 321 g/mol. The molecule has 0 radical (unpaired) electrons. The number of pyridine rings is 1. The molecule has 0 amide bonds. The van der Waals surface area contributed by atoms with Gasteiger partial charge in [0.25, 0.3) is 0 Å². The molecule has 0 bridgehead atoms. The lowest BCUT2D eigenvalue weighted by atomic mass is 9.88. The van der Waals surface area contributed by atoms with Crippen molar-refractivity contribution in [3.8, 4) is 11.5 Å². The van der Waals surface area contributed by atoms with Crippen molar-refractivity contribution in [2.45, 2.75) is 58.3 Å². The van der Waals surface area contributed by atoms with Gasteiger partial charge in [0.1, 0.15) is 0 Å². The van der Waals surface area contributed by atoms with E-state index < -0.39 is 5.79 Å². The fourth-order valence-electron chi connectivity index (χ4n) is 3.22. The summed E-state index contributed by atoms with van der Waals surface area (Å²) in [5, 5.41) is 0. The van der Waals surface area contributed by atoms with E-state index >= 15 is 0 Å². The van der Waals surface area contributed by atoms with Crippen LogP contribution in [-0.2, 0) is 9.47 Å². The molecule has 1 aliphatic heterocycles. The van der Waals surface area contributed by atoms with Crippen molar-refractivity contribution in [1.82, 2.24) is 4.98 Å². The van der Waals surface area contributed by atoms with Crippen molar-refractivity contribution in [2.75, 3.05) is 20.3 Å². The fourth-order valence-corrected chi connectivity index (χ4v) is 3.22. The highest BCUT2D eigenvalue weighted by molar-refractivity contribution is 5.42. The third-order valence-electron chi connectivity index (χ3n) is 4.69. The highest BCUT2D eigenvalue weighted by atomic mass is 16.7. The molecule has 5 nitrogen and oxygen atoms in total. The second-order valence-electron chi connectivity index (χ2n) is 7.40. The lowest BCUT2D eigenvalue weighted by molar-refractivity contribution is -0.313. The molecule has 23 heavy (non-hydrogen) atoms. The van der Waals surface area contributed by atoms with Crippen molar-refractivity contribution in [1.29, 1.82) is 0 Å². The third-order valence-corrected chi connectivity index (χ3v) is 4.69. The normalized spacial score (nSPS) is 23.7. The molecule has 3 rings (SSSR count). The van der Waals surface area contributed by atoms with Gasteiger partial charge in [0, 0.05) is 30.5 Å². The molecular formula is C18H27NO4. The minimum absolute atomic E-state index is 0.112. The van der Waals surface area contributed by atoms with Crippen LogP contribution in [0.1, 0.15) is 45.2 Å². The Morgan fingerprint density at radius 3 is 2.43 bits per heavy atom. The molecule has 2 aliphatic rings. The summed E-state index contributed by atoms with van der Waals surface area (Å²) >= 11 is 0. The first-order valence-corrected chi connectivity index (χ1v) is 8.37. The molecule has 1 aromatic rings. The number of methoxy groups -OCH3 is 1. The van der Waals surface area contributed by atoms with Gasteiger partial charge in [-0.1, -0.05) is 13.8 Å². The largest absolute Gasteiger partial charge is 0.491 e. The average Bonchev–Trinajstić information content (AvgIpc) is 2.53. The molecule has 2 heterocycles. The summed E-state index contributed by atoms with van der Waals surface area (Å²) in [6.45, 7) is 7.79. The SMILES string of the molecule is COc1c(OC2CCC3(CC2)OCC(C)(C)CO3)ccnc1C. The number of aromatic nitrogens is 1. The smallest absolute Gasteiger partial charge is 0.182 e. The Kier molecular flexibility index (Phi) is 4.52. The summed E-state index contributed by atoms with van der Waals surface area (Å²) in [5.41, 5.74) is 0.957. The molecule has 1 aliphatic carbocycles. The summed E-state index contributed by atoms with van der Waals surface area (Å²) in [6, 6.07) is 1.87. The Morgan fingerprint density at radius 1 is 1.17 bits per heavy atom. The molecule has 2 fully saturated rings. The molecule has 0 atom stereocenters. The summed E-state index contributed by atoms with van der Waals surface area (Å²) in [7, 11) is 1.65. The molecule has 128 valence electrons. The van der Waals surface area contributed by atoms with Gasteiger partial charge in [-0.15, -0.1) is 0 Å². The predicted molar refractivity (Wildman–Crippen MR) is 86.8 cm³/mol. The van der Waals surface area contributed by atoms with Gasteiger partial charge in [-0.05, 0) is 19.8 Å². The molecule has 1 saturated heterocycles. The van der Waals surface area contributed by atoms with E-state index in [0.29, 0.717) is 0 Å². The van der Waals surface area contributed by atoms with Gasteiger partial charge in [-0.3, -0.25) is 4.98 Å². The van der Waals surface area contributed by atoms with Crippen molar-refractivity contribution in [2.24, 2.45) is 5.41 Å². The van der Waals surface area contributed by atoms with Crippen LogP contribution in [0.25, 0.3) is 0 Å². The number of aryl methyl sites for hydroxylation is 1. The first-order chi connectivity index (χ1) is 10.9. The molecule has 0 N–H and O–H groups in total. The maximum atomic E-state index is 6.16. The topological polar surface area (TPSA) is 49.8 Å². The van der Waals surface area contributed by atoms with Crippen LogP contribution in [0.4, 0.5) is 0 Å². The van der Waals surface area contributed by atoms with E-state index in [1.165, 1.54) is 0 Å². The van der Waals surface area contributed by atoms with E-state index in [-0.39, 0.29) is 11.5 Å². The van der Waals surface area contributed by atoms with Gasteiger partial charge in [-0.2, -0.15) is 0 Å². The van der Waals surface area contributed by atoms with Crippen LogP contribution >= 0.6 is 0 Å². The van der Waals surface area contributed by atoms with Gasteiger partial charge in [0.05, 0.1) is 32.1 Å². The molecule has 1 saturated carbocycles. The summed E-state index contributed by atoms with van der Waals surface area (Å²) in [4.78, 5) is 4.24. The zero-order chi connectivity index (χ0) is 16.5. The Balaban J connectivity index is 1.59. The molecule has 0 aromatic carbocycles. The maximum Gasteiger partial charge on any atom is 0.182 e. The Morgan fingerprint density at radius 2 is 1.83 bits per heavy atom. The van der Waals surface area contributed by atoms with E-state index in [1.807, 2.05) is 13.0 Å². The minimum atomic E-state index is -0.395. The number of hydrogen-bond donors (Lipinski definition) is 0. The first-order valence-electron chi connectivity index (χ1n) is 8.37. The molecule has 5 heteroatoms. The van der Waals surface area contributed by atoms with Crippen molar-refractivity contribution < 1.29 is 18.9 Å². The molecule has 1 aromatic heterocycles. The third kappa shape index (κ3) is 3.61. The maximum absolute atomic E-state index is 6.16. The average molecular weight is 321 g/mol. The van der Waals surface area contributed by atoms with Crippen LogP contribution in [0.5, 0.6) is 11.5 Å². The number of ether oxygens (including phenoxy) is 4. The van der Waals surface area contributed by atoms with Gasteiger partial charge in [-0.25, -0.2) is 0 Å². The molecule has 0 unspecified atom stereocenters. The highest BCUT2D eigenvalue weighted by Gasteiger charge is 2.43. The van der Waals surface area contributed by atoms with Crippen molar-refractivity contribution >= 4 is 0 Å². The van der Waals surface area contributed by atoms with E-state index in [4.69, 9.17) is 18.9 Å². The number of rotatable bonds is 3. The molecule has 1 spiro atoms. The first kappa shape index (κ1) is 16.5. The van der Waals surface area contributed by atoms with E-state index in [9.17, 15) is 0 Å². The zero-order valence-corrected chi connectivity index (χ0v) is 14.6. The Hall–Kier alpha value is -1.33. The summed E-state index contributed by atoms with van der Waals surface area (Å²) in [5.74, 6) is 1.10. The zero-order valence-electron chi connectivity index (χ0n) is 14.6. The van der Waals surface area contributed by atoms with Crippen molar-refractivity contribution in [3.63, 3.8) is 0 Å². The van der Waals surface area contributed by atoms with E-state index in [2.05, 4.69) is 18.8 Å². The van der Waals surface area contributed by atoms with Gasteiger partial charge in [0.2, 0.25) is 0 Å². The van der Waals surface area contributed by atoms with E-state index in [0.717, 1.165) is 56.1 Å². The van der Waals surface area contributed by atoms with Gasteiger partial charge < -0.3 is 18.9 Å². The number of hydrogen-bond acceptors (Lipinski definition) is 5. The summed E-state index contributed by atoms with van der Waals surface area (Å²) < 4.78 is 23.7. The second kappa shape index (κ2) is 6.29. The van der Waals surface area contributed by atoms with Crippen LogP contribution in [0, 0.1) is 12.3 Å². The van der Waals surface area contributed by atoms with Crippen LogP contribution in [0.2, 0.25) is 0 Å². The predicted octanol–water partition coefficient (Wildman–Crippen LogP) is 3.49. The quantitative estimate of drug-likeness (QED) is 0.853. The Bertz CT molecular complexity index is 538. The molecular weight excluding hydrogens is 294 g/mol. The van der Waals surface area contributed by atoms with Crippen LogP contribution in [0.15, 0.2) is 12.3 Å². The lowest BCUT2D eigenvalue weighted by Gasteiger charge is -2.46. The van der Waals surface area contributed by atoms with Gasteiger partial charge in [0.15, 0.2) is 17.3 Å². The van der Waals surface area contributed by atoms with Gasteiger partial charge >= 0.3 is 0 Å². The van der Waals surface area contributed by atoms with Crippen LogP contribution in [-0.4, -0.2) is 37.2 Å². The second-order valence-corrected chi connectivity index (χ2v) is 7.40. The minimum Gasteiger partial charge on any atom is -0.491 e.